The third-order valence-corrected chi connectivity index (χ3v) is 4.73. The van der Waals surface area contributed by atoms with E-state index in [1.807, 2.05) is 27.7 Å². The second kappa shape index (κ2) is 20.6. The van der Waals surface area contributed by atoms with Gasteiger partial charge in [-0.1, -0.05) is 0 Å². The molecule has 0 rings (SSSR count). The Morgan fingerprint density at radius 3 is 0.964 bits per heavy atom. The number of halogens is 2. The third-order valence-electron chi connectivity index (χ3n) is 4.73. The number of hydrogen-bond acceptors (Lipinski definition) is 4. The minimum atomic E-state index is -0.318. The van der Waals surface area contributed by atoms with Crippen molar-refractivity contribution < 1.29 is 55.9 Å². The summed E-state index contributed by atoms with van der Waals surface area (Å²) < 4.78 is 0. The van der Waals surface area contributed by atoms with Gasteiger partial charge < -0.3 is 55.9 Å². The summed E-state index contributed by atoms with van der Waals surface area (Å²) in [6.07, 6.45) is 6.34. The van der Waals surface area contributed by atoms with Crippen molar-refractivity contribution in [2.75, 3.05) is 13.1 Å². The maximum Gasteiger partial charge on any atom is 0.0908 e. The second-order valence-corrected chi connectivity index (χ2v) is 8.32. The number of nitrogens with two attached hydrogens (primary N) is 2. The molecule has 8 N–H and O–H groups in total. The van der Waals surface area contributed by atoms with Gasteiger partial charge in [0, 0.05) is 25.7 Å². The first-order valence-electron chi connectivity index (χ1n) is 10.6. The van der Waals surface area contributed by atoms with Gasteiger partial charge in [-0.3, -0.25) is 0 Å². The molecule has 0 aliphatic rings. The van der Waals surface area contributed by atoms with E-state index in [-0.39, 0.29) is 49.2 Å². The predicted molar refractivity (Wildman–Crippen MR) is 105 cm³/mol. The van der Waals surface area contributed by atoms with Crippen LogP contribution in [0, 0.1) is 0 Å². The highest BCUT2D eigenvalue weighted by Crippen LogP contribution is 2.04. The molecule has 0 amide bonds. The van der Waals surface area contributed by atoms with Gasteiger partial charge in [-0.25, -0.2) is 0 Å². The molecule has 0 aliphatic carbocycles. The highest BCUT2D eigenvalue weighted by Gasteiger charge is 2.18. The molecular weight excluding hydrogens is 403 g/mol. The molecule has 6 nitrogen and oxygen atoms in total. The molecule has 4 atom stereocenters. The molecule has 0 heterocycles. The summed E-state index contributed by atoms with van der Waals surface area (Å²) >= 11 is 0. The molecule has 0 radical (unpaired) electrons. The van der Waals surface area contributed by atoms with Crippen molar-refractivity contribution in [3.63, 3.8) is 0 Å². The minimum absolute atomic E-state index is 0. The molecule has 0 aromatic heterocycles. The number of rotatable bonds is 17. The van der Waals surface area contributed by atoms with Crippen molar-refractivity contribution in [3.8, 4) is 0 Å². The molecular formula is C20H46Cl2N2O4. The zero-order valence-electron chi connectivity index (χ0n) is 18.2. The largest absolute Gasteiger partial charge is 1.00 e. The Kier molecular flexibility index (Phi) is 24.3. The maximum atomic E-state index is 9.55. The highest BCUT2D eigenvalue weighted by atomic mass is 35.5. The molecule has 0 fully saturated rings. The fourth-order valence-electron chi connectivity index (χ4n) is 3.68. The van der Waals surface area contributed by atoms with Gasteiger partial charge in [-0.2, -0.15) is 0 Å². The molecule has 0 aliphatic heterocycles. The Labute approximate surface area is 184 Å². The number of hydrogen-bond donors (Lipinski definition) is 6. The highest BCUT2D eigenvalue weighted by molar-refractivity contribution is 4.63. The molecule has 0 saturated carbocycles. The van der Waals surface area contributed by atoms with Gasteiger partial charge in [0.15, 0.2) is 0 Å². The summed E-state index contributed by atoms with van der Waals surface area (Å²) in [5.41, 5.74) is 0. The lowest BCUT2D eigenvalue weighted by Gasteiger charge is -2.19. The molecule has 4 unspecified atom stereocenters. The van der Waals surface area contributed by atoms with Crippen LogP contribution >= 0.6 is 0 Å². The van der Waals surface area contributed by atoms with E-state index in [9.17, 15) is 20.4 Å². The van der Waals surface area contributed by atoms with Crippen molar-refractivity contribution in [1.29, 1.82) is 0 Å². The second-order valence-electron chi connectivity index (χ2n) is 8.32. The summed E-state index contributed by atoms with van der Waals surface area (Å²) in [6, 6.07) is 0.593. The zero-order valence-corrected chi connectivity index (χ0v) is 19.7. The average Bonchev–Trinajstić information content (AvgIpc) is 2.47. The Balaban J connectivity index is -0.00000312. The van der Waals surface area contributed by atoms with Gasteiger partial charge in [-0.15, -0.1) is 0 Å². The van der Waals surface area contributed by atoms with Crippen LogP contribution in [0.1, 0.15) is 79.1 Å². The lowest BCUT2D eigenvalue weighted by molar-refractivity contribution is -0.693. The SMILES string of the molecule is CC(O)CC(CC(C)O)[NH2+]CCCCCC[NH2+]C(CC(C)O)CC(C)O.[Cl-].[Cl-]. The van der Waals surface area contributed by atoms with Crippen molar-refractivity contribution >= 4 is 0 Å². The molecule has 0 saturated heterocycles. The van der Waals surface area contributed by atoms with E-state index in [2.05, 4.69) is 10.6 Å². The number of unbranched alkanes of at least 4 members (excludes halogenated alkanes) is 3. The van der Waals surface area contributed by atoms with E-state index < -0.39 is 0 Å². The van der Waals surface area contributed by atoms with Crippen LogP contribution in [0.5, 0.6) is 0 Å². The first kappa shape index (κ1) is 33.0. The monoisotopic (exact) mass is 448 g/mol. The number of aliphatic hydroxyl groups excluding tert-OH is 4. The number of aliphatic hydroxyl groups is 4. The van der Waals surface area contributed by atoms with Crippen LogP contribution in [-0.2, 0) is 0 Å². The smallest absolute Gasteiger partial charge is 0.0908 e. The third kappa shape index (κ3) is 22.6. The van der Waals surface area contributed by atoms with Crippen LogP contribution in [0.4, 0.5) is 0 Å². The first-order chi connectivity index (χ1) is 12.2. The van der Waals surface area contributed by atoms with Gasteiger partial charge in [0.2, 0.25) is 0 Å². The lowest BCUT2D eigenvalue weighted by Crippen LogP contribution is -3.00. The summed E-state index contributed by atoms with van der Waals surface area (Å²) in [5.74, 6) is 0. The van der Waals surface area contributed by atoms with Gasteiger partial charge in [0.05, 0.1) is 49.6 Å². The van der Waals surface area contributed by atoms with Crippen LogP contribution in [0.25, 0.3) is 0 Å². The Hall–Kier alpha value is 0.340. The Morgan fingerprint density at radius 1 is 0.500 bits per heavy atom. The minimum Gasteiger partial charge on any atom is -1.00 e. The Morgan fingerprint density at radius 2 is 0.750 bits per heavy atom. The molecule has 0 aromatic carbocycles. The topological polar surface area (TPSA) is 114 Å². The standard InChI is InChI=1S/C20H44N2O4.2ClH/c1-15(23)11-19(12-16(2)24)21-9-7-5-6-8-10-22-20(13-17(3)25)14-18(4)26;;/h15-26H,5-14H2,1-4H3;2*1H. The molecule has 28 heavy (non-hydrogen) atoms. The Bertz CT molecular complexity index is 273. The molecule has 8 heteroatoms. The van der Waals surface area contributed by atoms with Gasteiger partial charge >= 0.3 is 0 Å². The van der Waals surface area contributed by atoms with Crippen molar-refractivity contribution in [2.45, 2.75) is 116 Å². The van der Waals surface area contributed by atoms with E-state index >= 15 is 0 Å². The fourth-order valence-corrected chi connectivity index (χ4v) is 3.68. The van der Waals surface area contributed by atoms with E-state index in [4.69, 9.17) is 0 Å². The van der Waals surface area contributed by atoms with E-state index in [0.717, 1.165) is 51.6 Å². The molecule has 0 aromatic rings. The van der Waals surface area contributed by atoms with E-state index in [1.54, 1.807) is 0 Å². The van der Waals surface area contributed by atoms with Crippen LogP contribution in [0.2, 0.25) is 0 Å². The molecule has 0 bridgehead atoms. The molecule has 0 spiro atoms. The van der Waals surface area contributed by atoms with Crippen LogP contribution in [0.3, 0.4) is 0 Å². The summed E-state index contributed by atoms with van der Waals surface area (Å²) in [7, 11) is 0. The van der Waals surface area contributed by atoms with Crippen LogP contribution in [0.15, 0.2) is 0 Å². The van der Waals surface area contributed by atoms with E-state index in [0.29, 0.717) is 12.1 Å². The van der Waals surface area contributed by atoms with Crippen LogP contribution < -0.4 is 35.4 Å². The average molecular weight is 450 g/mol. The molecule has 174 valence electrons. The summed E-state index contributed by atoms with van der Waals surface area (Å²) in [4.78, 5) is 0. The number of quaternary nitrogens is 2. The predicted octanol–water partition coefficient (Wildman–Crippen LogP) is -6.50. The van der Waals surface area contributed by atoms with Crippen molar-refractivity contribution in [3.05, 3.63) is 0 Å². The maximum absolute atomic E-state index is 9.55. The van der Waals surface area contributed by atoms with Gasteiger partial charge in [0.25, 0.3) is 0 Å². The van der Waals surface area contributed by atoms with Crippen molar-refractivity contribution in [1.82, 2.24) is 0 Å². The van der Waals surface area contributed by atoms with Gasteiger partial charge in [0.1, 0.15) is 0 Å². The van der Waals surface area contributed by atoms with Crippen LogP contribution in [-0.4, -0.2) is 70.0 Å². The fraction of sp³-hybridized carbons (Fsp3) is 1.00. The van der Waals surface area contributed by atoms with Gasteiger partial charge in [-0.05, 0) is 53.4 Å². The quantitative estimate of drug-likeness (QED) is 0.124. The summed E-state index contributed by atoms with van der Waals surface area (Å²) in [6.45, 7) is 9.31. The first-order valence-corrected chi connectivity index (χ1v) is 10.6. The summed E-state index contributed by atoms with van der Waals surface area (Å²) in [5, 5.41) is 42.8. The normalized spacial score (nSPS) is 17.6. The zero-order chi connectivity index (χ0) is 19.9. The van der Waals surface area contributed by atoms with E-state index in [1.165, 1.54) is 12.8 Å². The van der Waals surface area contributed by atoms with Crippen molar-refractivity contribution in [2.24, 2.45) is 0 Å². The lowest BCUT2D eigenvalue weighted by atomic mass is 10.0.